The molecule has 1 saturated heterocycles. The first kappa shape index (κ1) is 9.92. The molecule has 1 rings (SSSR count). The smallest absolute Gasteiger partial charge is 0.146 e. The Labute approximate surface area is 72.7 Å². The fraction of sp³-hybridized carbons (Fsp3) is 1.00. The van der Waals surface area contributed by atoms with Crippen LogP contribution in [0.1, 0.15) is 6.92 Å². The molecule has 72 valence electrons. The number of epoxide rings is 1. The van der Waals surface area contributed by atoms with Gasteiger partial charge >= 0.3 is 0 Å². The summed E-state index contributed by atoms with van der Waals surface area (Å²) in [5.41, 5.74) is 0. The minimum atomic E-state index is 0.344. The van der Waals surface area contributed by atoms with Crippen molar-refractivity contribution in [1.82, 2.24) is 0 Å². The highest BCUT2D eigenvalue weighted by atomic mass is 16.7. The quantitative estimate of drug-likeness (QED) is 0.305. The van der Waals surface area contributed by atoms with E-state index >= 15 is 0 Å². The lowest BCUT2D eigenvalue weighted by atomic mass is 10.5. The zero-order valence-electron chi connectivity index (χ0n) is 7.45. The van der Waals surface area contributed by atoms with Crippen LogP contribution in [-0.4, -0.2) is 45.9 Å². The van der Waals surface area contributed by atoms with Crippen molar-refractivity contribution in [2.75, 3.05) is 39.8 Å². The first-order valence-electron chi connectivity index (χ1n) is 4.28. The van der Waals surface area contributed by atoms with Crippen molar-refractivity contribution < 1.29 is 18.9 Å². The van der Waals surface area contributed by atoms with E-state index in [1.165, 1.54) is 0 Å². The van der Waals surface area contributed by atoms with Gasteiger partial charge in [0.2, 0.25) is 0 Å². The van der Waals surface area contributed by atoms with Crippen molar-refractivity contribution in [3.8, 4) is 0 Å². The molecule has 0 aromatic rings. The van der Waals surface area contributed by atoms with Gasteiger partial charge in [-0.25, -0.2) is 0 Å². The summed E-state index contributed by atoms with van der Waals surface area (Å²) in [7, 11) is 0. The summed E-state index contributed by atoms with van der Waals surface area (Å²) in [4.78, 5) is 0. The van der Waals surface area contributed by atoms with Gasteiger partial charge in [-0.2, -0.15) is 0 Å². The third kappa shape index (κ3) is 5.49. The highest BCUT2D eigenvalue weighted by molar-refractivity contribution is 4.66. The minimum absolute atomic E-state index is 0.344. The summed E-state index contributed by atoms with van der Waals surface area (Å²) in [5, 5.41) is 0. The predicted molar refractivity (Wildman–Crippen MR) is 43.0 cm³/mol. The molecule has 0 aliphatic carbocycles. The van der Waals surface area contributed by atoms with Crippen molar-refractivity contribution in [2.24, 2.45) is 0 Å². The summed E-state index contributed by atoms with van der Waals surface area (Å²) >= 11 is 0. The van der Waals surface area contributed by atoms with E-state index in [0.717, 1.165) is 6.61 Å². The number of rotatable bonds is 8. The summed E-state index contributed by atoms with van der Waals surface area (Å²) < 4.78 is 20.3. The molecule has 4 nitrogen and oxygen atoms in total. The van der Waals surface area contributed by atoms with Crippen molar-refractivity contribution in [3.05, 3.63) is 0 Å². The molecular weight excluding hydrogens is 160 g/mol. The molecular formula is C8H16O4. The SMILES string of the molecule is CCOCOCCOC[C@@H]1CO1. The molecule has 12 heavy (non-hydrogen) atoms. The van der Waals surface area contributed by atoms with E-state index in [9.17, 15) is 0 Å². The average molecular weight is 176 g/mol. The van der Waals surface area contributed by atoms with Gasteiger partial charge in [-0.15, -0.1) is 0 Å². The van der Waals surface area contributed by atoms with Crippen molar-refractivity contribution in [3.63, 3.8) is 0 Å². The minimum Gasteiger partial charge on any atom is -0.376 e. The Morgan fingerprint density at radius 2 is 2.00 bits per heavy atom. The maximum Gasteiger partial charge on any atom is 0.146 e. The summed E-state index contributed by atoms with van der Waals surface area (Å²) in [6, 6.07) is 0. The van der Waals surface area contributed by atoms with Crippen LogP contribution in [0.15, 0.2) is 0 Å². The van der Waals surface area contributed by atoms with E-state index in [2.05, 4.69) is 0 Å². The summed E-state index contributed by atoms with van der Waals surface area (Å²) in [6.07, 6.45) is 0.344. The molecule has 0 bridgehead atoms. The maximum absolute atomic E-state index is 5.23. The molecule has 1 fully saturated rings. The van der Waals surface area contributed by atoms with Crippen LogP contribution < -0.4 is 0 Å². The largest absolute Gasteiger partial charge is 0.376 e. The molecule has 0 aromatic heterocycles. The molecule has 1 atom stereocenters. The Morgan fingerprint density at radius 1 is 1.25 bits per heavy atom. The second-order valence-corrected chi connectivity index (χ2v) is 2.55. The predicted octanol–water partition coefficient (Wildman–Crippen LogP) is 0.412. The molecule has 0 saturated carbocycles. The maximum atomic E-state index is 5.23. The first-order chi connectivity index (χ1) is 5.93. The third-order valence-corrected chi connectivity index (χ3v) is 1.45. The molecule has 1 aliphatic heterocycles. The second-order valence-electron chi connectivity index (χ2n) is 2.55. The van der Waals surface area contributed by atoms with Gasteiger partial charge in [0.25, 0.3) is 0 Å². The van der Waals surface area contributed by atoms with E-state index in [-0.39, 0.29) is 0 Å². The third-order valence-electron chi connectivity index (χ3n) is 1.45. The lowest BCUT2D eigenvalue weighted by Crippen LogP contribution is -2.09. The van der Waals surface area contributed by atoms with Gasteiger partial charge in [0.1, 0.15) is 12.9 Å². The summed E-state index contributed by atoms with van der Waals surface area (Å²) in [5.74, 6) is 0. The highest BCUT2D eigenvalue weighted by Crippen LogP contribution is 2.07. The average Bonchev–Trinajstić information content (AvgIpc) is 2.87. The monoisotopic (exact) mass is 176 g/mol. The van der Waals surface area contributed by atoms with E-state index in [1.807, 2.05) is 6.92 Å². The molecule has 0 radical (unpaired) electrons. The zero-order chi connectivity index (χ0) is 8.65. The van der Waals surface area contributed by atoms with E-state index in [4.69, 9.17) is 18.9 Å². The van der Waals surface area contributed by atoms with Crippen LogP contribution in [0.3, 0.4) is 0 Å². The van der Waals surface area contributed by atoms with Crippen LogP contribution in [0.25, 0.3) is 0 Å². The van der Waals surface area contributed by atoms with E-state index in [1.54, 1.807) is 0 Å². The number of hydrogen-bond donors (Lipinski definition) is 0. The topological polar surface area (TPSA) is 40.2 Å². The Balaban J connectivity index is 1.65. The van der Waals surface area contributed by atoms with Gasteiger partial charge in [-0.1, -0.05) is 0 Å². The molecule has 0 spiro atoms. The zero-order valence-corrected chi connectivity index (χ0v) is 7.45. The van der Waals surface area contributed by atoms with Crippen molar-refractivity contribution >= 4 is 0 Å². The Kier molecular flexibility index (Phi) is 5.27. The molecule has 0 amide bonds. The Bertz CT molecular complexity index is 103. The normalized spacial score (nSPS) is 21.2. The second kappa shape index (κ2) is 6.37. The Hall–Kier alpha value is -0.160. The van der Waals surface area contributed by atoms with Crippen LogP contribution in [0.4, 0.5) is 0 Å². The molecule has 4 heteroatoms. The van der Waals surface area contributed by atoms with Gasteiger partial charge in [0.05, 0.1) is 26.4 Å². The van der Waals surface area contributed by atoms with Gasteiger partial charge in [0.15, 0.2) is 0 Å². The van der Waals surface area contributed by atoms with Crippen LogP contribution >= 0.6 is 0 Å². The highest BCUT2D eigenvalue weighted by Gasteiger charge is 2.21. The van der Waals surface area contributed by atoms with Crippen LogP contribution in [0.5, 0.6) is 0 Å². The molecule has 0 N–H and O–H groups in total. The van der Waals surface area contributed by atoms with Crippen LogP contribution in [-0.2, 0) is 18.9 Å². The standard InChI is InChI=1S/C8H16O4/c1-2-9-7-11-4-3-10-5-8-6-12-8/h8H,2-7H2,1H3/t8-/m1/s1. The first-order valence-corrected chi connectivity index (χ1v) is 4.28. The van der Waals surface area contributed by atoms with Gasteiger partial charge < -0.3 is 18.9 Å². The van der Waals surface area contributed by atoms with Crippen LogP contribution in [0.2, 0.25) is 0 Å². The lowest BCUT2D eigenvalue weighted by Gasteiger charge is -2.03. The fourth-order valence-corrected chi connectivity index (χ4v) is 0.698. The van der Waals surface area contributed by atoms with E-state index in [0.29, 0.717) is 39.3 Å². The lowest BCUT2D eigenvalue weighted by molar-refractivity contribution is -0.0663. The number of hydrogen-bond acceptors (Lipinski definition) is 4. The molecule has 1 aliphatic rings. The summed E-state index contributed by atoms with van der Waals surface area (Å²) in [6.45, 7) is 5.73. The van der Waals surface area contributed by atoms with Gasteiger partial charge in [-0.3, -0.25) is 0 Å². The van der Waals surface area contributed by atoms with Crippen molar-refractivity contribution in [1.29, 1.82) is 0 Å². The fourth-order valence-electron chi connectivity index (χ4n) is 0.698. The van der Waals surface area contributed by atoms with Gasteiger partial charge in [0, 0.05) is 6.61 Å². The molecule has 0 aromatic carbocycles. The molecule has 0 unspecified atom stereocenters. The molecule has 1 heterocycles. The van der Waals surface area contributed by atoms with Gasteiger partial charge in [-0.05, 0) is 6.92 Å². The Morgan fingerprint density at radius 3 is 2.67 bits per heavy atom. The van der Waals surface area contributed by atoms with Crippen molar-refractivity contribution in [2.45, 2.75) is 13.0 Å². The van der Waals surface area contributed by atoms with E-state index < -0.39 is 0 Å². The van der Waals surface area contributed by atoms with Crippen LogP contribution in [0, 0.1) is 0 Å². The number of ether oxygens (including phenoxy) is 4.